The quantitative estimate of drug-likeness (QED) is 0.793. The number of alkyl halides is 3. The first-order valence-corrected chi connectivity index (χ1v) is 5.87. The fraction of sp³-hybridized carbons (Fsp3) is 0.583. The number of anilines is 1. The topological polar surface area (TPSA) is 34.1 Å². The molecule has 0 spiro atoms. The van der Waals surface area contributed by atoms with Gasteiger partial charge in [0.25, 0.3) is 0 Å². The van der Waals surface area contributed by atoms with Gasteiger partial charge in [-0.3, -0.25) is 0 Å². The van der Waals surface area contributed by atoms with Crippen molar-refractivity contribution in [2.45, 2.75) is 32.4 Å². The predicted octanol–water partition coefficient (Wildman–Crippen LogP) is 3.71. The monoisotopic (exact) mass is 262 g/mol. The maximum atomic E-state index is 12.6. The molecule has 0 atom stereocenters. The molecular weight excluding hydrogens is 245 g/mol. The van der Waals surface area contributed by atoms with E-state index in [1.807, 2.05) is 6.92 Å². The van der Waals surface area contributed by atoms with Crippen molar-refractivity contribution in [3.05, 3.63) is 17.7 Å². The second-order valence-corrected chi connectivity index (χ2v) is 3.88. The summed E-state index contributed by atoms with van der Waals surface area (Å²) >= 11 is 0. The van der Waals surface area contributed by atoms with Gasteiger partial charge in [0.1, 0.15) is 5.82 Å². The number of hydrogen-bond acceptors (Lipinski definition) is 3. The van der Waals surface area contributed by atoms with Crippen LogP contribution < -0.4 is 10.1 Å². The number of ether oxygens (including phenoxy) is 1. The Kier molecular flexibility index (Phi) is 5.25. The summed E-state index contributed by atoms with van der Waals surface area (Å²) in [6.07, 6.45) is -1.57. The van der Waals surface area contributed by atoms with E-state index >= 15 is 0 Å². The zero-order chi connectivity index (χ0) is 13.6. The Labute approximate surface area is 104 Å². The average Bonchev–Trinajstić information content (AvgIpc) is 2.33. The molecule has 0 saturated carbocycles. The third kappa shape index (κ3) is 4.43. The van der Waals surface area contributed by atoms with Crippen LogP contribution in [0.3, 0.4) is 0 Å². The molecule has 1 aromatic heterocycles. The summed E-state index contributed by atoms with van der Waals surface area (Å²) in [4.78, 5) is 3.93. The van der Waals surface area contributed by atoms with Gasteiger partial charge >= 0.3 is 6.18 Å². The predicted molar refractivity (Wildman–Crippen MR) is 63.8 cm³/mol. The molecule has 0 saturated heterocycles. The zero-order valence-electron chi connectivity index (χ0n) is 10.5. The third-order valence-corrected chi connectivity index (χ3v) is 2.38. The lowest BCUT2D eigenvalue weighted by molar-refractivity contribution is -0.137. The van der Waals surface area contributed by atoms with Crippen LogP contribution in [0.2, 0.25) is 0 Å². The van der Waals surface area contributed by atoms with Crippen molar-refractivity contribution in [3.63, 3.8) is 0 Å². The van der Waals surface area contributed by atoms with E-state index < -0.39 is 11.7 Å². The van der Waals surface area contributed by atoms with Crippen LogP contribution >= 0.6 is 0 Å². The number of aromatic nitrogens is 1. The molecule has 0 unspecified atom stereocenters. The van der Waals surface area contributed by atoms with E-state index in [2.05, 4.69) is 10.3 Å². The van der Waals surface area contributed by atoms with Crippen molar-refractivity contribution < 1.29 is 17.9 Å². The van der Waals surface area contributed by atoms with E-state index in [0.29, 0.717) is 6.61 Å². The number of halogens is 3. The molecule has 3 nitrogen and oxygen atoms in total. The number of rotatable bonds is 6. The minimum Gasteiger partial charge on any atom is -0.478 e. The molecule has 1 heterocycles. The van der Waals surface area contributed by atoms with Gasteiger partial charge in [0.15, 0.2) is 0 Å². The first-order valence-electron chi connectivity index (χ1n) is 5.87. The lowest BCUT2D eigenvalue weighted by Gasteiger charge is -2.11. The van der Waals surface area contributed by atoms with Gasteiger partial charge in [-0.05, 0) is 12.5 Å². The van der Waals surface area contributed by atoms with Crippen molar-refractivity contribution >= 4 is 5.82 Å². The van der Waals surface area contributed by atoms with Crippen LogP contribution in [0, 0.1) is 0 Å². The van der Waals surface area contributed by atoms with Crippen LogP contribution in [-0.4, -0.2) is 18.6 Å². The number of nitrogens with zero attached hydrogens (tertiary/aromatic N) is 1. The number of nitrogens with one attached hydrogen (secondary N) is 1. The van der Waals surface area contributed by atoms with Crippen LogP contribution in [0.15, 0.2) is 12.1 Å². The largest absolute Gasteiger partial charge is 0.478 e. The van der Waals surface area contributed by atoms with Gasteiger partial charge in [-0.15, -0.1) is 0 Å². The van der Waals surface area contributed by atoms with Crippen molar-refractivity contribution in [3.8, 4) is 5.88 Å². The minimum atomic E-state index is -4.39. The van der Waals surface area contributed by atoms with Gasteiger partial charge in [0.05, 0.1) is 12.2 Å². The Morgan fingerprint density at radius 2 is 2.00 bits per heavy atom. The summed E-state index contributed by atoms with van der Waals surface area (Å²) in [5.41, 5.74) is -0.757. The molecule has 0 aromatic carbocycles. The molecule has 1 aromatic rings. The van der Waals surface area contributed by atoms with Crippen molar-refractivity contribution in [2.24, 2.45) is 0 Å². The lowest BCUT2D eigenvalue weighted by atomic mass is 10.2. The normalized spacial score (nSPS) is 11.4. The van der Waals surface area contributed by atoms with Crippen LogP contribution in [0.5, 0.6) is 5.88 Å². The Balaban J connectivity index is 2.78. The fourth-order valence-corrected chi connectivity index (χ4v) is 1.40. The molecule has 18 heavy (non-hydrogen) atoms. The van der Waals surface area contributed by atoms with E-state index in [1.54, 1.807) is 0 Å². The molecule has 0 bridgehead atoms. The van der Waals surface area contributed by atoms with Crippen LogP contribution in [0.25, 0.3) is 0 Å². The van der Waals surface area contributed by atoms with Gasteiger partial charge in [-0.25, -0.2) is 0 Å². The number of pyridine rings is 1. The molecule has 0 aliphatic carbocycles. The highest BCUT2D eigenvalue weighted by Crippen LogP contribution is 2.32. The number of unbranched alkanes of at least 4 members (excludes halogenated alkanes) is 2. The average molecular weight is 262 g/mol. The first-order chi connectivity index (χ1) is 8.47. The Hall–Kier alpha value is -1.46. The lowest BCUT2D eigenvalue weighted by Crippen LogP contribution is -2.08. The minimum absolute atomic E-state index is 0.00489. The van der Waals surface area contributed by atoms with E-state index in [0.717, 1.165) is 31.4 Å². The summed E-state index contributed by atoms with van der Waals surface area (Å²) < 4.78 is 43.1. The molecule has 0 radical (unpaired) electrons. The Bertz CT molecular complexity index is 380. The van der Waals surface area contributed by atoms with Crippen molar-refractivity contribution in [1.29, 1.82) is 0 Å². The standard InChI is InChI=1S/C12H17F3N2O/c1-3-4-5-6-18-11-8-9(12(13,14)15)7-10(16-2)17-11/h7-8H,3-6H2,1-2H3,(H,16,17). The summed E-state index contributed by atoms with van der Waals surface area (Å²) in [6, 6.07) is 1.88. The van der Waals surface area contributed by atoms with Gasteiger partial charge in [-0.1, -0.05) is 19.8 Å². The van der Waals surface area contributed by atoms with E-state index in [1.165, 1.54) is 7.05 Å². The van der Waals surface area contributed by atoms with E-state index in [9.17, 15) is 13.2 Å². The molecular formula is C12H17F3N2O. The highest BCUT2D eigenvalue weighted by molar-refractivity contribution is 5.42. The second-order valence-electron chi connectivity index (χ2n) is 3.88. The molecule has 102 valence electrons. The summed E-state index contributed by atoms with van der Waals surface area (Å²) in [5.74, 6) is 0.153. The summed E-state index contributed by atoms with van der Waals surface area (Å²) in [6.45, 7) is 2.42. The van der Waals surface area contributed by atoms with Crippen LogP contribution in [0.1, 0.15) is 31.7 Å². The van der Waals surface area contributed by atoms with Gasteiger partial charge in [0, 0.05) is 13.1 Å². The Morgan fingerprint density at radius 3 is 2.56 bits per heavy atom. The molecule has 6 heteroatoms. The molecule has 0 fully saturated rings. The van der Waals surface area contributed by atoms with Crippen molar-refractivity contribution in [1.82, 2.24) is 4.98 Å². The van der Waals surface area contributed by atoms with Crippen LogP contribution in [-0.2, 0) is 6.18 Å². The SMILES string of the molecule is CCCCCOc1cc(C(F)(F)F)cc(NC)n1. The van der Waals surface area contributed by atoms with E-state index in [4.69, 9.17) is 4.74 Å². The third-order valence-electron chi connectivity index (χ3n) is 2.38. The highest BCUT2D eigenvalue weighted by Gasteiger charge is 2.31. The summed E-state index contributed by atoms with van der Waals surface area (Å²) in [5, 5.41) is 2.59. The highest BCUT2D eigenvalue weighted by atomic mass is 19.4. The van der Waals surface area contributed by atoms with E-state index in [-0.39, 0.29) is 11.7 Å². The molecule has 0 amide bonds. The van der Waals surface area contributed by atoms with Gasteiger partial charge in [0.2, 0.25) is 5.88 Å². The molecule has 1 rings (SSSR count). The Morgan fingerprint density at radius 1 is 1.28 bits per heavy atom. The maximum Gasteiger partial charge on any atom is 0.416 e. The van der Waals surface area contributed by atoms with Crippen LogP contribution in [0.4, 0.5) is 19.0 Å². The maximum absolute atomic E-state index is 12.6. The van der Waals surface area contributed by atoms with Gasteiger partial charge < -0.3 is 10.1 Å². The zero-order valence-corrected chi connectivity index (χ0v) is 10.5. The first kappa shape index (κ1) is 14.6. The molecule has 0 aliphatic rings. The van der Waals surface area contributed by atoms with Gasteiger partial charge in [-0.2, -0.15) is 18.2 Å². The number of hydrogen-bond donors (Lipinski definition) is 1. The summed E-state index contributed by atoms with van der Waals surface area (Å²) in [7, 11) is 1.52. The van der Waals surface area contributed by atoms with Crippen molar-refractivity contribution in [2.75, 3.05) is 19.0 Å². The molecule has 0 aliphatic heterocycles. The fourth-order valence-electron chi connectivity index (χ4n) is 1.40. The second kappa shape index (κ2) is 6.47. The molecule has 1 N–H and O–H groups in total. The smallest absolute Gasteiger partial charge is 0.416 e.